The zero-order valence-electron chi connectivity index (χ0n) is 34.9. The minimum Gasteiger partial charge on any atom is -0.654 e. The van der Waals surface area contributed by atoms with Crippen molar-refractivity contribution in [2.75, 3.05) is 21.3 Å². The number of ether oxygens (including phenoxy) is 3. The van der Waals surface area contributed by atoms with E-state index in [4.69, 9.17) is 80.6 Å². The Morgan fingerprint density at radius 3 is 1.19 bits per heavy atom. The molecule has 0 bridgehead atoms. The number of halogens is 13. The van der Waals surface area contributed by atoms with Crippen molar-refractivity contribution < 1.29 is 33.7 Å². The van der Waals surface area contributed by atoms with Crippen molar-refractivity contribution in [2.24, 2.45) is 9.98 Å². The van der Waals surface area contributed by atoms with Gasteiger partial charge in [-0.05, 0) is 140 Å². The van der Waals surface area contributed by atoms with E-state index >= 15 is 0 Å². The summed E-state index contributed by atoms with van der Waals surface area (Å²) in [6.45, 7) is 0. The van der Waals surface area contributed by atoms with Crippen LogP contribution in [0.25, 0.3) is 11.1 Å². The molecule has 1 unspecified atom stereocenters. The van der Waals surface area contributed by atoms with E-state index in [1.807, 2.05) is 72.8 Å². The van der Waals surface area contributed by atoms with Crippen LogP contribution in [0.1, 0.15) is 39.3 Å². The Hall–Kier alpha value is -0.277. The summed E-state index contributed by atoms with van der Waals surface area (Å²) in [7, 11) is 4.72. The first-order valence-electron chi connectivity index (χ1n) is 19.1. The Kier molecular flexibility index (Phi) is 18.5. The second-order valence-corrected chi connectivity index (χ2v) is 23.2. The Morgan fingerprint density at radius 1 is 0.456 bits per heavy atom. The van der Waals surface area contributed by atoms with Crippen molar-refractivity contribution in [1.29, 1.82) is 0 Å². The fourth-order valence-electron chi connectivity index (χ4n) is 7.70. The van der Waals surface area contributed by atoms with Crippen LogP contribution in [0, 0.1) is 0 Å². The molecule has 4 aromatic carbocycles. The van der Waals surface area contributed by atoms with E-state index in [0.717, 1.165) is 20.1 Å². The number of nitrogens with zero attached hydrogens (tertiary/aromatic N) is 4. The van der Waals surface area contributed by atoms with Crippen molar-refractivity contribution in [3.63, 3.8) is 0 Å². The first-order valence-corrected chi connectivity index (χ1v) is 27.8. The molecule has 0 N–H and O–H groups in total. The Balaban J connectivity index is 0.00000684. The maximum absolute atomic E-state index is 6.84. The number of methoxy groups -OCH3 is 3. The van der Waals surface area contributed by atoms with E-state index in [1.165, 1.54) is 0 Å². The average molecular weight is 1620 g/mol. The number of aliphatic imine (C=N–C) groups is 2. The maximum Gasteiger partial charge on any atom is 2.00 e. The third kappa shape index (κ3) is 9.90. The fourth-order valence-corrected chi connectivity index (χ4v) is 12.7. The van der Waals surface area contributed by atoms with Crippen LogP contribution in [0.15, 0.2) is 159 Å². The van der Waals surface area contributed by atoms with Crippen LogP contribution in [0.5, 0.6) is 0 Å². The average Bonchev–Trinajstić information content (AvgIpc) is 3.98. The summed E-state index contributed by atoms with van der Waals surface area (Å²) in [5.41, 5.74) is 6.16. The summed E-state index contributed by atoms with van der Waals surface area (Å²) in [6, 6.07) is 29.5. The molecule has 1 atom stereocenters. The Morgan fingerprint density at radius 2 is 0.824 bits per heavy atom. The number of aromatic nitrogens is 2. The predicted molar refractivity (Wildman–Crippen MR) is 304 cm³/mol. The van der Waals surface area contributed by atoms with E-state index in [9.17, 15) is 0 Å². The first-order chi connectivity index (χ1) is 31.9. The normalized spacial score (nSPS) is 16.5. The smallest absolute Gasteiger partial charge is 0.654 e. The van der Waals surface area contributed by atoms with E-state index in [1.54, 1.807) is 45.6 Å². The zero-order valence-corrected chi connectivity index (χ0v) is 55.1. The van der Waals surface area contributed by atoms with Crippen molar-refractivity contribution in [1.82, 2.24) is 9.97 Å². The van der Waals surface area contributed by atoms with Gasteiger partial charge in [0.05, 0.1) is 40.7 Å². The molecular weight excluding hydrogens is 1590 g/mol. The molecule has 344 valence electrons. The van der Waals surface area contributed by atoms with Gasteiger partial charge in [-0.15, -0.1) is 11.4 Å². The van der Waals surface area contributed by atoms with Gasteiger partial charge in [0.25, 0.3) is 0 Å². The van der Waals surface area contributed by atoms with Crippen LogP contribution in [-0.2, 0) is 45.1 Å². The summed E-state index contributed by atoms with van der Waals surface area (Å²) in [5.74, 6) is -1.46. The molecule has 2 aromatic heterocycles. The van der Waals surface area contributed by atoms with E-state index in [2.05, 4.69) is 143 Å². The molecule has 2 aliphatic rings. The molecule has 0 aliphatic carbocycles. The molecule has 21 heteroatoms. The third-order valence-corrected chi connectivity index (χ3v) is 21.3. The SMILES string of the molecule is COC(C1=N/C(=C(/c2ccc(Cl)cc2)c2[n-]c(C(OC)(OC)c3ccc(Cl)cc3)c(Br)c2Br)C(Br)=C1Br)(C1=N/C(=C(\c2ccc(Cl)cc2)c2[n-]c(Br)c(Br)c2Br)C(Br)=C1Br)c1ccc(Cl)cc1.[Zn+2]. The molecule has 7 nitrogen and oxygen atoms in total. The van der Waals surface area contributed by atoms with Gasteiger partial charge >= 0.3 is 19.5 Å². The van der Waals surface area contributed by atoms with Crippen molar-refractivity contribution in [2.45, 2.75) is 11.4 Å². The summed E-state index contributed by atoms with van der Waals surface area (Å²) >= 11 is 60.4. The quantitative estimate of drug-likeness (QED) is 0.0901. The van der Waals surface area contributed by atoms with Gasteiger partial charge < -0.3 is 24.2 Å². The largest absolute Gasteiger partial charge is 2.00 e. The first kappa shape index (κ1) is 55.5. The summed E-state index contributed by atoms with van der Waals surface area (Å²) in [4.78, 5) is 21.2. The monoisotopic (exact) mass is 1610 g/mol. The molecular formula is C47H25Br9Cl4N4O3Zn. The second-order valence-electron chi connectivity index (χ2n) is 14.4. The molecule has 6 aromatic rings. The van der Waals surface area contributed by atoms with Crippen LogP contribution in [-0.4, -0.2) is 32.8 Å². The van der Waals surface area contributed by atoms with E-state index in [-0.39, 0.29) is 19.5 Å². The molecule has 0 saturated carbocycles. The van der Waals surface area contributed by atoms with Gasteiger partial charge in [0.15, 0.2) is 5.60 Å². The molecule has 8 rings (SSSR count). The number of allylic oxidation sites excluding steroid dienone is 2. The minimum absolute atomic E-state index is 0. The van der Waals surface area contributed by atoms with Crippen molar-refractivity contribution in [3.8, 4) is 0 Å². The van der Waals surface area contributed by atoms with Crippen LogP contribution >= 0.6 is 190 Å². The van der Waals surface area contributed by atoms with Crippen molar-refractivity contribution >= 4 is 212 Å². The van der Waals surface area contributed by atoms with Crippen molar-refractivity contribution in [3.05, 3.63) is 208 Å². The molecule has 0 radical (unpaired) electrons. The molecule has 0 saturated heterocycles. The van der Waals surface area contributed by atoms with Crippen LogP contribution in [0.2, 0.25) is 20.1 Å². The second kappa shape index (κ2) is 22.7. The molecule has 0 spiro atoms. The fraction of sp³-hybridized carbons (Fsp3) is 0.106. The number of benzene rings is 4. The minimum atomic E-state index is -1.53. The molecule has 0 amide bonds. The zero-order chi connectivity index (χ0) is 48.3. The van der Waals surface area contributed by atoms with Gasteiger partial charge in [-0.25, -0.2) is 9.98 Å². The molecule has 68 heavy (non-hydrogen) atoms. The summed E-state index contributed by atoms with van der Waals surface area (Å²) < 4.78 is 24.8. The molecule has 4 heterocycles. The molecule has 2 aliphatic heterocycles. The standard InChI is InChI=1S/C47H25Br9Cl4N4O3.Zn/c1-65-46(22-8-16-26(59)17-9-22,43-35(53)31(49)39(62-43)29(21-6-14-25(58)15-7-21)41-33(51)37(55)45(56)64-41)42-34(52)30(48)38(61-42)28(20-4-12-24(57)13-5-20)40-32(50)36(54)44(63-40)47(66-2,67-3)23-10-18-27(60)19-11-23;/h4-19H,1-3H3;/q-2;+2/b38-28-,39-29+;. The van der Waals surface area contributed by atoms with Gasteiger partial charge in [-0.2, -0.15) is 0 Å². The third-order valence-electron chi connectivity index (χ3n) is 10.8. The van der Waals surface area contributed by atoms with Gasteiger partial charge in [0.1, 0.15) is 0 Å². The Bertz CT molecular complexity index is 3170. The summed E-state index contributed by atoms with van der Waals surface area (Å²) in [6.07, 6.45) is 0. The maximum atomic E-state index is 6.84. The van der Waals surface area contributed by atoms with Crippen LogP contribution in [0.3, 0.4) is 0 Å². The summed E-state index contributed by atoms with van der Waals surface area (Å²) in [5, 5.41) is 2.20. The topological polar surface area (TPSA) is 80.6 Å². The molecule has 0 fully saturated rings. The van der Waals surface area contributed by atoms with E-state index < -0.39 is 11.4 Å². The van der Waals surface area contributed by atoms with Crippen LogP contribution < -0.4 is 9.97 Å². The van der Waals surface area contributed by atoms with E-state index in [0.29, 0.717) is 114 Å². The van der Waals surface area contributed by atoms with Crippen LogP contribution in [0.4, 0.5) is 0 Å². The number of hydrogen-bond donors (Lipinski definition) is 0. The number of hydrogen-bond acceptors (Lipinski definition) is 5. The van der Waals surface area contributed by atoms with Gasteiger partial charge in [0, 0.05) is 64.9 Å². The van der Waals surface area contributed by atoms with Gasteiger partial charge in [0.2, 0.25) is 5.79 Å². The van der Waals surface area contributed by atoms with Gasteiger partial charge in [-0.3, -0.25) is 0 Å². The van der Waals surface area contributed by atoms with Gasteiger partial charge in [-0.1, -0.05) is 185 Å². The predicted octanol–water partition coefficient (Wildman–Crippen LogP) is 18.2. The Labute approximate surface area is 500 Å². The number of rotatable bonds is 12.